The lowest BCUT2D eigenvalue weighted by atomic mass is 10.0. The molecule has 0 spiro atoms. The Morgan fingerprint density at radius 2 is 1.88 bits per heavy atom. The van der Waals surface area contributed by atoms with E-state index < -0.39 is 12.1 Å². The van der Waals surface area contributed by atoms with Crippen LogP contribution in [0.5, 0.6) is 0 Å². The van der Waals surface area contributed by atoms with E-state index in [-0.39, 0.29) is 16.6 Å². The first-order valence-corrected chi connectivity index (χ1v) is 7.75. The molecule has 0 radical (unpaired) electrons. The molecule has 0 saturated carbocycles. The number of fused-ring (bicyclic) bond motifs is 1. The summed E-state index contributed by atoms with van der Waals surface area (Å²) < 4.78 is 11.0. The van der Waals surface area contributed by atoms with Crippen molar-refractivity contribution in [3.8, 4) is 17.4 Å². The van der Waals surface area contributed by atoms with Crippen LogP contribution in [0.3, 0.4) is 0 Å². The summed E-state index contributed by atoms with van der Waals surface area (Å²) in [6.07, 6.45) is -0.895. The van der Waals surface area contributed by atoms with Gasteiger partial charge in [0.2, 0.25) is 0 Å². The Hall–Kier alpha value is -3.39. The lowest BCUT2D eigenvalue weighted by molar-refractivity contribution is 0.0436. The molecule has 0 bridgehead atoms. The van der Waals surface area contributed by atoms with Gasteiger partial charge in [0.05, 0.1) is 5.39 Å². The van der Waals surface area contributed by atoms with Crippen LogP contribution in [0.2, 0.25) is 0 Å². The molecule has 5 nitrogen and oxygen atoms in total. The van der Waals surface area contributed by atoms with Crippen molar-refractivity contribution in [2.75, 3.05) is 0 Å². The van der Waals surface area contributed by atoms with Crippen molar-refractivity contribution in [3.05, 3.63) is 69.9 Å². The summed E-state index contributed by atoms with van der Waals surface area (Å²) in [6, 6.07) is 15.8. The maximum Gasteiger partial charge on any atom is 0.343 e. The second-order valence-electron chi connectivity index (χ2n) is 5.61. The van der Waals surface area contributed by atoms with Crippen molar-refractivity contribution in [3.63, 3.8) is 0 Å². The number of carbonyl (C=O) groups is 1. The number of nitriles is 1. The van der Waals surface area contributed by atoms with Crippen molar-refractivity contribution in [1.82, 2.24) is 0 Å². The number of rotatable bonds is 3. The van der Waals surface area contributed by atoms with Crippen molar-refractivity contribution >= 4 is 16.9 Å². The van der Waals surface area contributed by atoms with E-state index in [0.29, 0.717) is 16.7 Å². The molecule has 0 N–H and O–H groups in total. The maximum atomic E-state index is 12.7. The van der Waals surface area contributed by atoms with E-state index in [1.807, 2.05) is 36.4 Å². The first-order valence-electron chi connectivity index (χ1n) is 7.75. The lowest BCUT2D eigenvalue weighted by Crippen LogP contribution is -2.15. The molecule has 0 aliphatic rings. The Kier molecular flexibility index (Phi) is 4.36. The molecule has 0 aliphatic heterocycles. The van der Waals surface area contributed by atoms with Gasteiger partial charge in [0, 0.05) is 11.1 Å². The summed E-state index contributed by atoms with van der Waals surface area (Å²) in [7, 11) is 0. The molecular formula is C20H15NO4. The zero-order chi connectivity index (χ0) is 18.0. The third-order valence-corrected chi connectivity index (χ3v) is 3.87. The predicted molar refractivity (Wildman–Crippen MR) is 93.1 cm³/mol. The Balaban J connectivity index is 2.25. The number of benzene rings is 2. The van der Waals surface area contributed by atoms with E-state index in [2.05, 4.69) is 0 Å². The molecule has 1 aromatic heterocycles. The molecule has 1 atom stereocenters. The molecule has 1 heterocycles. The van der Waals surface area contributed by atoms with Crippen LogP contribution in [-0.2, 0) is 4.74 Å². The minimum Gasteiger partial charge on any atom is -0.455 e. The van der Waals surface area contributed by atoms with Gasteiger partial charge < -0.3 is 9.15 Å². The van der Waals surface area contributed by atoms with Gasteiger partial charge in [-0.25, -0.2) is 4.79 Å². The van der Waals surface area contributed by atoms with Gasteiger partial charge in [-0.05, 0) is 26.0 Å². The normalized spacial score (nSPS) is 11.7. The molecule has 3 aromatic rings. The van der Waals surface area contributed by atoms with Gasteiger partial charge in [0.15, 0.2) is 17.1 Å². The van der Waals surface area contributed by atoms with Crippen molar-refractivity contribution in [2.24, 2.45) is 0 Å². The standard InChI is InChI=1S/C20H15NO4/c1-12(11-21)24-20(23)16-10-6-9-15-17(22)13(2)18(25-19(15)16)14-7-4-3-5-8-14/h3-10,12H,1-2H3. The molecule has 5 heteroatoms. The highest BCUT2D eigenvalue weighted by Crippen LogP contribution is 2.27. The fourth-order valence-electron chi connectivity index (χ4n) is 2.59. The monoisotopic (exact) mass is 333 g/mol. The van der Waals surface area contributed by atoms with Crippen LogP contribution in [0, 0.1) is 18.3 Å². The van der Waals surface area contributed by atoms with Crippen molar-refractivity contribution in [1.29, 1.82) is 5.26 Å². The summed E-state index contributed by atoms with van der Waals surface area (Å²) in [4.78, 5) is 25.0. The molecule has 0 amide bonds. The second-order valence-corrected chi connectivity index (χ2v) is 5.61. The highest BCUT2D eigenvalue weighted by atomic mass is 16.5. The van der Waals surface area contributed by atoms with Crippen LogP contribution in [0.25, 0.3) is 22.3 Å². The molecule has 2 aromatic carbocycles. The average molecular weight is 333 g/mol. The zero-order valence-electron chi connectivity index (χ0n) is 13.8. The van der Waals surface area contributed by atoms with Gasteiger partial charge in [-0.15, -0.1) is 0 Å². The van der Waals surface area contributed by atoms with E-state index in [0.717, 1.165) is 5.56 Å². The third-order valence-electron chi connectivity index (χ3n) is 3.87. The SMILES string of the molecule is Cc1c(-c2ccccc2)oc2c(C(=O)OC(C)C#N)cccc2c1=O. The number of hydrogen-bond donors (Lipinski definition) is 0. The van der Waals surface area contributed by atoms with Gasteiger partial charge in [-0.1, -0.05) is 36.4 Å². The van der Waals surface area contributed by atoms with Crippen LogP contribution < -0.4 is 5.43 Å². The minimum atomic E-state index is -0.895. The summed E-state index contributed by atoms with van der Waals surface area (Å²) >= 11 is 0. The highest BCUT2D eigenvalue weighted by Gasteiger charge is 2.20. The Morgan fingerprint density at radius 1 is 1.16 bits per heavy atom. The van der Waals surface area contributed by atoms with Gasteiger partial charge in [-0.3, -0.25) is 4.79 Å². The second kappa shape index (κ2) is 6.62. The van der Waals surface area contributed by atoms with E-state index in [1.165, 1.54) is 13.0 Å². The summed E-state index contributed by atoms with van der Waals surface area (Å²) in [5.41, 5.74) is 1.28. The molecule has 25 heavy (non-hydrogen) atoms. The maximum absolute atomic E-state index is 12.7. The smallest absolute Gasteiger partial charge is 0.343 e. The first kappa shape index (κ1) is 16.5. The van der Waals surface area contributed by atoms with Crippen LogP contribution in [-0.4, -0.2) is 12.1 Å². The highest BCUT2D eigenvalue weighted by molar-refractivity contribution is 6.02. The molecule has 1 unspecified atom stereocenters. The van der Waals surface area contributed by atoms with Crippen LogP contribution in [0.1, 0.15) is 22.8 Å². The molecule has 0 aliphatic carbocycles. The van der Waals surface area contributed by atoms with Crippen molar-refractivity contribution in [2.45, 2.75) is 20.0 Å². The summed E-state index contributed by atoms with van der Waals surface area (Å²) in [5.74, 6) is -0.294. The van der Waals surface area contributed by atoms with E-state index in [4.69, 9.17) is 14.4 Å². The van der Waals surface area contributed by atoms with Gasteiger partial charge in [0.1, 0.15) is 17.4 Å². The van der Waals surface area contributed by atoms with E-state index >= 15 is 0 Å². The summed E-state index contributed by atoms with van der Waals surface area (Å²) in [5, 5.41) is 9.12. The lowest BCUT2D eigenvalue weighted by Gasteiger charge is -2.11. The molecule has 0 fully saturated rings. The van der Waals surface area contributed by atoms with E-state index in [1.54, 1.807) is 19.1 Å². The van der Waals surface area contributed by atoms with E-state index in [9.17, 15) is 9.59 Å². The Bertz CT molecular complexity index is 1040. The Morgan fingerprint density at radius 3 is 2.56 bits per heavy atom. The fourth-order valence-corrected chi connectivity index (χ4v) is 2.59. The van der Waals surface area contributed by atoms with Gasteiger partial charge in [0.25, 0.3) is 0 Å². The van der Waals surface area contributed by atoms with Crippen LogP contribution in [0.4, 0.5) is 0 Å². The fraction of sp³-hybridized carbons (Fsp3) is 0.150. The average Bonchev–Trinajstić information content (AvgIpc) is 2.64. The van der Waals surface area contributed by atoms with Crippen molar-refractivity contribution < 1.29 is 13.9 Å². The van der Waals surface area contributed by atoms with Gasteiger partial charge >= 0.3 is 5.97 Å². The number of para-hydroxylation sites is 1. The molecule has 0 saturated heterocycles. The first-order chi connectivity index (χ1) is 12.0. The zero-order valence-corrected chi connectivity index (χ0v) is 13.8. The number of nitrogens with zero attached hydrogens (tertiary/aromatic N) is 1. The van der Waals surface area contributed by atoms with Crippen LogP contribution in [0.15, 0.2) is 57.7 Å². The Labute approximate surface area is 144 Å². The number of carbonyl (C=O) groups excluding carboxylic acids is 1. The third kappa shape index (κ3) is 3.02. The molecule has 3 rings (SSSR count). The van der Waals surface area contributed by atoms with Gasteiger partial charge in [-0.2, -0.15) is 5.26 Å². The topological polar surface area (TPSA) is 80.3 Å². The number of ether oxygens (including phenoxy) is 1. The number of esters is 1. The quantitative estimate of drug-likeness (QED) is 0.680. The number of hydrogen-bond acceptors (Lipinski definition) is 5. The predicted octanol–water partition coefficient (Wildman–Crippen LogP) is 3.84. The molecule has 124 valence electrons. The minimum absolute atomic E-state index is 0.119. The summed E-state index contributed by atoms with van der Waals surface area (Å²) in [6.45, 7) is 3.16. The van der Waals surface area contributed by atoms with Crippen LogP contribution >= 0.6 is 0 Å². The largest absolute Gasteiger partial charge is 0.455 e. The molecular weight excluding hydrogens is 318 g/mol.